The summed E-state index contributed by atoms with van der Waals surface area (Å²) in [5, 5.41) is 13.3. The van der Waals surface area contributed by atoms with Gasteiger partial charge in [-0.2, -0.15) is 0 Å². The summed E-state index contributed by atoms with van der Waals surface area (Å²) in [6.07, 6.45) is -0.590. The second-order valence-electron chi connectivity index (χ2n) is 7.55. The number of rotatable bonds is 9. The van der Waals surface area contributed by atoms with Crippen molar-refractivity contribution in [3.8, 4) is 11.1 Å². The monoisotopic (exact) mass is 435 g/mol. The Labute approximate surface area is 179 Å². The van der Waals surface area contributed by atoms with Crippen LogP contribution in [0, 0.1) is 5.92 Å². The molecule has 3 aromatic rings. The van der Waals surface area contributed by atoms with Crippen LogP contribution in [0.4, 0.5) is 0 Å². The third-order valence-electron chi connectivity index (χ3n) is 4.47. The third kappa shape index (κ3) is 5.65. The molecule has 0 radical (unpaired) electrons. The number of halogens is 1. The van der Waals surface area contributed by atoms with E-state index >= 15 is 0 Å². The number of H-pyrrole nitrogens is 1. The van der Waals surface area contributed by atoms with Crippen molar-refractivity contribution >= 4 is 33.2 Å². The number of aliphatic hydroxyl groups excluding tert-OH is 1. The van der Waals surface area contributed by atoms with Crippen LogP contribution in [0.25, 0.3) is 21.3 Å². The molecular weight excluding hydrogens is 410 g/mol. The highest BCUT2D eigenvalue weighted by Gasteiger charge is 2.17. The smallest absolute Gasteiger partial charge is 0.260 e. The fourth-order valence-electron chi connectivity index (χ4n) is 3.39. The number of hydrogen-bond acceptors (Lipinski definition) is 6. The van der Waals surface area contributed by atoms with E-state index in [2.05, 4.69) is 28.7 Å². The lowest BCUT2D eigenvalue weighted by Gasteiger charge is -2.26. The Balaban J connectivity index is 1.88. The largest absolute Gasteiger partial charge is 0.389 e. The number of nitrogens with one attached hydrogen (secondary N) is 1. The molecular formula is C21H26ClN3O3S. The quantitative estimate of drug-likeness (QED) is 0.535. The minimum Gasteiger partial charge on any atom is -0.389 e. The van der Waals surface area contributed by atoms with Gasteiger partial charge in [0, 0.05) is 36.2 Å². The number of hydrogen-bond donors (Lipinski definition) is 2. The topological polar surface area (TPSA) is 78.5 Å². The van der Waals surface area contributed by atoms with Crippen LogP contribution in [0.3, 0.4) is 0 Å². The van der Waals surface area contributed by atoms with Crippen molar-refractivity contribution < 1.29 is 9.84 Å². The van der Waals surface area contributed by atoms with Gasteiger partial charge in [-0.25, -0.2) is 4.98 Å². The molecule has 0 aliphatic heterocycles. The lowest BCUT2D eigenvalue weighted by atomic mass is 10.1. The molecule has 0 aliphatic rings. The molecule has 156 valence electrons. The van der Waals surface area contributed by atoms with Gasteiger partial charge >= 0.3 is 0 Å². The van der Waals surface area contributed by atoms with Gasteiger partial charge in [-0.1, -0.05) is 37.6 Å². The first-order chi connectivity index (χ1) is 13.9. The predicted molar refractivity (Wildman–Crippen MR) is 119 cm³/mol. The maximum atomic E-state index is 12.8. The Kier molecular flexibility index (Phi) is 7.43. The van der Waals surface area contributed by atoms with Crippen molar-refractivity contribution in [2.24, 2.45) is 5.92 Å². The molecule has 2 heterocycles. The Bertz CT molecular complexity index is 1000. The van der Waals surface area contributed by atoms with Gasteiger partial charge in [-0.05, 0) is 23.6 Å². The van der Waals surface area contributed by atoms with Crippen LogP contribution in [0.1, 0.15) is 19.7 Å². The zero-order valence-corrected chi connectivity index (χ0v) is 18.4. The summed E-state index contributed by atoms with van der Waals surface area (Å²) in [5.74, 6) is 1.01. The Morgan fingerprint density at radius 2 is 2.00 bits per heavy atom. The number of thiophene rings is 1. The van der Waals surface area contributed by atoms with Gasteiger partial charge in [-0.15, -0.1) is 11.3 Å². The number of nitrogens with zero attached hydrogens (tertiary/aromatic N) is 2. The molecule has 1 unspecified atom stereocenters. The van der Waals surface area contributed by atoms with Gasteiger partial charge in [0.25, 0.3) is 5.56 Å². The molecule has 3 rings (SSSR count). The van der Waals surface area contributed by atoms with E-state index in [0.717, 1.165) is 17.7 Å². The fourth-order valence-corrected chi connectivity index (χ4v) is 4.48. The molecule has 2 aromatic heterocycles. The number of benzene rings is 1. The van der Waals surface area contributed by atoms with Crippen molar-refractivity contribution in [1.82, 2.24) is 14.9 Å². The maximum absolute atomic E-state index is 12.8. The molecule has 8 heteroatoms. The van der Waals surface area contributed by atoms with Gasteiger partial charge in [0.1, 0.15) is 10.7 Å². The van der Waals surface area contributed by atoms with Crippen LogP contribution in [0.5, 0.6) is 0 Å². The van der Waals surface area contributed by atoms with Crippen molar-refractivity contribution in [2.75, 3.05) is 26.8 Å². The molecule has 2 N–H and O–H groups in total. The first-order valence-electron chi connectivity index (χ1n) is 9.53. The SMILES string of the molecule is COCC(O)CN(Cc1nc2scc(-c3ccc(Cl)cc3)c2c(=O)[nH]1)CC(C)C. The van der Waals surface area contributed by atoms with E-state index in [1.165, 1.54) is 11.3 Å². The molecule has 1 aromatic carbocycles. The minimum atomic E-state index is -0.590. The van der Waals surface area contributed by atoms with Gasteiger partial charge in [0.15, 0.2) is 0 Å². The molecule has 29 heavy (non-hydrogen) atoms. The number of aromatic amines is 1. The lowest BCUT2D eigenvalue weighted by molar-refractivity contribution is 0.0325. The van der Waals surface area contributed by atoms with Crippen molar-refractivity contribution in [3.05, 3.63) is 50.8 Å². The molecule has 1 atom stereocenters. The first-order valence-corrected chi connectivity index (χ1v) is 10.8. The third-order valence-corrected chi connectivity index (χ3v) is 5.60. The van der Waals surface area contributed by atoms with Crippen LogP contribution in [-0.2, 0) is 11.3 Å². The molecule has 0 amide bonds. The summed E-state index contributed by atoms with van der Waals surface area (Å²) < 4.78 is 5.03. The van der Waals surface area contributed by atoms with E-state index < -0.39 is 6.10 Å². The average molecular weight is 436 g/mol. The van der Waals surface area contributed by atoms with Crippen LogP contribution < -0.4 is 5.56 Å². The Morgan fingerprint density at radius 1 is 1.28 bits per heavy atom. The van der Waals surface area contributed by atoms with E-state index in [1.807, 2.05) is 29.6 Å². The Hall–Kier alpha value is -1.77. The average Bonchev–Trinajstić information content (AvgIpc) is 3.06. The number of ether oxygens (including phenoxy) is 1. The molecule has 0 saturated heterocycles. The summed E-state index contributed by atoms with van der Waals surface area (Å²) in [5.41, 5.74) is 1.64. The van der Waals surface area contributed by atoms with Crippen molar-refractivity contribution in [2.45, 2.75) is 26.5 Å². The number of aliphatic hydroxyl groups is 1. The van der Waals surface area contributed by atoms with Crippen LogP contribution in [0.2, 0.25) is 5.02 Å². The zero-order valence-electron chi connectivity index (χ0n) is 16.8. The van der Waals surface area contributed by atoms with Crippen LogP contribution >= 0.6 is 22.9 Å². The lowest BCUT2D eigenvalue weighted by Crippen LogP contribution is -2.37. The molecule has 0 spiro atoms. The maximum Gasteiger partial charge on any atom is 0.260 e. The van der Waals surface area contributed by atoms with Crippen LogP contribution in [-0.4, -0.2) is 52.9 Å². The predicted octanol–water partition coefficient (Wildman–Crippen LogP) is 3.77. The van der Waals surface area contributed by atoms with Gasteiger partial charge in [0.2, 0.25) is 0 Å². The normalized spacial score (nSPS) is 12.9. The summed E-state index contributed by atoms with van der Waals surface area (Å²) in [6.45, 7) is 6.20. The van der Waals surface area contributed by atoms with E-state index in [-0.39, 0.29) is 12.2 Å². The van der Waals surface area contributed by atoms with Crippen molar-refractivity contribution in [3.63, 3.8) is 0 Å². The van der Waals surface area contributed by atoms with E-state index in [4.69, 9.17) is 16.3 Å². The first kappa shape index (κ1) is 21.9. The molecule has 0 fully saturated rings. The highest BCUT2D eigenvalue weighted by molar-refractivity contribution is 7.17. The number of fused-ring (bicyclic) bond motifs is 1. The van der Waals surface area contributed by atoms with Gasteiger partial charge in [-0.3, -0.25) is 9.69 Å². The second-order valence-corrected chi connectivity index (χ2v) is 8.84. The second kappa shape index (κ2) is 9.82. The van der Waals surface area contributed by atoms with E-state index in [9.17, 15) is 9.90 Å². The molecule has 0 aliphatic carbocycles. The highest BCUT2D eigenvalue weighted by Crippen LogP contribution is 2.31. The Morgan fingerprint density at radius 3 is 2.66 bits per heavy atom. The van der Waals surface area contributed by atoms with E-state index in [1.54, 1.807) is 7.11 Å². The van der Waals surface area contributed by atoms with Crippen molar-refractivity contribution in [1.29, 1.82) is 0 Å². The molecule has 6 nitrogen and oxygen atoms in total. The van der Waals surface area contributed by atoms with E-state index in [0.29, 0.717) is 40.1 Å². The summed E-state index contributed by atoms with van der Waals surface area (Å²) in [6, 6.07) is 7.43. The summed E-state index contributed by atoms with van der Waals surface area (Å²) >= 11 is 7.43. The standard InChI is InChI=1S/C21H26ClN3O3S/c1-13(2)8-25(9-16(26)11-28-3)10-18-23-20(27)19-17(12-29-21(19)24-18)14-4-6-15(22)7-5-14/h4-7,12-13,16,26H,8-11H2,1-3H3,(H,23,24,27). The van der Waals surface area contributed by atoms with Gasteiger partial charge in [0.05, 0.1) is 24.6 Å². The van der Waals surface area contributed by atoms with Gasteiger partial charge < -0.3 is 14.8 Å². The number of aromatic nitrogens is 2. The summed E-state index contributed by atoms with van der Waals surface area (Å²) in [4.78, 5) is 23.2. The summed E-state index contributed by atoms with van der Waals surface area (Å²) in [7, 11) is 1.57. The molecule has 0 bridgehead atoms. The zero-order chi connectivity index (χ0) is 21.0. The minimum absolute atomic E-state index is 0.155. The highest BCUT2D eigenvalue weighted by atomic mass is 35.5. The molecule has 0 saturated carbocycles. The fraction of sp³-hybridized carbons (Fsp3) is 0.429. The number of methoxy groups -OCH3 is 1. The van der Waals surface area contributed by atoms with Crippen LogP contribution in [0.15, 0.2) is 34.4 Å².